The van der Waals surface area contributed by atoms with Crippen LogP contribution in [0.25, 0.3) is 27.6 Å². The average molecular weight is 796 g/mol. The Morgan fingerprint density at radius 2 is 1.03 bits per heavy atom. The number of fused-ring (bicyclic) bond motifs is 11. The quantitative estimate of drug-likeness (QED) is 0.166. The van der Waals surface area contributed by atoms with Crippen LogP contribution in [0.2, 0.25) is 0 Å². The molecule has 3 aromatic heterocycles. The Balaban J connectivity index is 1.16. The minimum atomic E-state index is -0.287. The van der Waals surface area contributed by atoms with Gasteiger partial charge in [-0.05, 0) is 98.5 Å². The molecule has 4 aliphatic heterocycles. The lowest BCUT2D eigenvalue weighted by Gasteiger charge is -2.51. The van der Waals surface area contributed by atoms with Crippen LogP contribution in [-0.4, -0.2) is 14.5 Å². The third-order valence-electron chi connectivity index (χ3n) is 15.4. The van der Waals surface area contributed by atoms with Crippen LogP contribution < -0.4 is 9.80 Å². The Morgan fingerprint density at radius 3 is 1.79 bits per heavy atom. The molecule has 0 saturated heterocycles. The molecule has 0 saturated carbocycles. The minimum absolute atomic E-state index is 0.0129. The lowest BCUT2D eigenvalue weighted by atomic mass is 9.64. The van der Waals surface area contributed by atoms with Crippen molar-refractivity contribution in [2.45, 2.75) is 103 Å². The highest BCUT2D eigenvalue weighted by atomic mass is 15.2. The summed E-state index contributed by atoms with van der Waals surface area (Å²) in [6, 6.07) is 41.8. The van der Waals surface area contributed by atoms with Gasteiger partial charge in [-0.2, -0.15) is 0 Å². The zero-order chi connectivity index (χ0) is 42.3. The van der Waals surface area contributed by atoms with Crippen molar-refractivity contribution in [3.8, 4) is 5.69 Å². The first-order valence-electron chi connectivity index (χ1n) is 22.0. The highest BCUT2D eigenvalue weighted by Gasteiger charge is 2.49. The Bertz CT molecular complexity index is 3260. The van der Waals surface area contributed by atoms with Gasteiger partial charge in [0.15, 0.2) is 0 Å². The molecule has 0 atom stereocenters. The average Bonchev–Trinajstić information content (AvgIpc) is 3.57. The third-order valence-corrected chi connectivity index (χ3v) is 15.4. The lowest BCUT2D eigenvalue weighted by molar-refractivity contribution is 0.560. The van der Waals surface area contributed by atoms with Crippen molar-refractivity contribution < 1.29 is 0 Å². The van der Waals surface area contributed by atoms with Crippen LogP contribution in [0.5, 0.6) is 0 Å². The molecule has 7 heterocycles. The Morgan fingerprint density at radius 1 is 0.443 bits per heavy atom. The number of pyridine rings is 2. The SMILES string of the molecule is CC(C)(C)c1cc2c3c(c1)C(C)(C)c1cccnc1N3c1cc3c(cc1C2(C)C)C(C)(C)c1ccccc1N3c1ccc2c(c1)-n1c3ncccc3c3cccc(c31)C2(C)C. The van der Waals surface area contributed by atoms with Crippen LogP contribution in [0.3, 0.4) is 0 Å². The zero-order valence-corrected chi connectivity index (χ0v) is 37.3. The second kappa shape index (κ2) is 11.4. The summed E-state index contributed by atoms with van der Waals surface area (Å²) in [7, 11) is 0. The summed E-state index contributed by atoms with van der Waals surface area (Å²) >= 11 is 0. The van der Waals surface area contributed by atoms with Crippen LogP contribution in [-0.2, 0) is 27.1 Å². The summed E-state index contributed by atoms with van der Waals surface area (Å²) in [5.74, 6) is 1.02. The van der Waals surface area contributed by atoms with Gasteiger partial charge in [0.2, 0.25) is 0 Å². The molecule has 5 heteroatoms. The van der Waals surface area contributed by atoms with Crippen LogP contribution >= 0.6 is 0 Å². The van der Waals surface area contributed by atoms with E-state index in [9.17, 15) is 0 Å². The molecule has 8 aromatic rings. The van der Waals surface area contributed by atoms with Gasteiger partial charge in [0.25, 0.3) is 0 Å². The molecular weight excluding hydrogens is 743 g/mol. The standard InChI is InChI=1S/C56H53N5/c1-52(2,3)32-27-42-49-43(28-32)56(10,11)41-30-40-46(31-47(41)61(49)51-39(55(42,8)9)21-16-26-58-51)59(44-22-13-12-19-36(44)54(40,6)7)33-23-24-37-45(29-33)60-48-34(35-18-15-25-57-50(35)60)17-14-20-38(48)53(37,4)5/h12-31H,1-11H3. The number of hydrogen-bond acceptors (Lipinski definition) is 4. The van der Waals surface area contributed by atoms with Crippen molar-refractivity contribution in [3.63, 3.8) is 0 Å². The lowest BCUT2D eigenvalue weighted by Crippen LogP contribution is -2.40. The summed E-state index contributed by atoms with van der Waals surface area (Å²) in [5.41, 5.74) is 20.4. The maximum absolute atomic E-state index is 5.23. The van der Waals surface area contributed by atoms with Gasteiger partial charge < -0.3 is 4.90 Å². The van der Waals surface area contributed by atoms with Crippen LogP contribution in [0.4, 0.5) is 34.3 Å². The maximum atomic E-state index is 5.23. The molecule has 5 nitrogen and oxygen atoms in total. The molecule has 0 bridgehead atoms. The molecule has 12 rings (SSSR count). The van der Waals surface area contributed by atoms with E-state index in [2.05, 4.69) is 200 Å². The van der Waals surface area contributed by atoms with E-state index in [1.807, 2.05) is 12.4 Å². The molecule has 0 radical (unpaired) electrons. The molecule has 302 valence electrons. The molecule has 0 amide bonds. The van der Waals surface area contributed by atoms with E-state index in [0.717, 1.165) is 17.2 Å². The van der Waals surface area contributed by atoms with Crippen molar-refractivity contribution >= 4 is 56.2 Å². The molecule has 0 N–H and O–H groups in total. The van der Waals surface area contributed by atoms with Crippen LogP contribution in [0, 0.1) is 0 Å². The number of rotatable bonds is 1. The predicted octanol–water partition coefficient (Wildman–Crippen LogP) is 14.4. The number of hydrogen-bond donors (Lipinski definition) is 0. The molecule has 4 aliphatic rings. The fourth-order valence-electron chi connectivity index (χ4n) is 11.8. The molecule has 0 fully saturated rings. The van der Waals surface area contributed by atoms with Crippen molar-refractivity contribution in [1.82, 2.24) is 14.5 Å². The molecule has 0 unspecified atom stereocenters. The second-order valence-corrected chi connectivity index (χ2v) is 21.2. The highest BCUT2D eigenvalue weighted by Crippen LogP contribution is 2.63. The van der Waals surface area contributed by atoms with Crippen molar-refractivity contribution in [1.29, 1.82) is 0 Å². The van der Waals surface area contributed by atoms with E-state index in [1.54, 1.807) is 0 Å². The Kier molecular flexibility index (Phi) is 6.83. The van der Waals surface area contributed by atoms with Crippen molar-refractivity contribution in [2.75, 3.05) is 9.80 Å². The predicted molar refractivity (Wildman–Crippen MR) is 253 cm³/mol. The summed E-state index contributed by atoms with van der Waals surface area (Å²) < 4.78 is 2.43. The van der Waals surface area contributed by atoms with Crippen molar-refractivity contribution in [3.05, 3.63) is 172 Å². The first kappa shape index (κ1) is 36.6. The Hall–Kier alpha value is -6.20. The zero-order valence-electron chi connectivity index (χ0n) is 37.3. The Labute approximate surface area is 359 Å². The smallest absolute Gasteiger partial charge is 0.145 e. The summed E-state index contributed by atoms with van der Waals surface area (Å²) in [6.07, 6.45) is 3.90. The number of benzene rings is 5. The third kappa shape index (κ3) is 4.47. The van der Waals surface area contributed by atoms with Gasteiger partial charge in [-0.1, -0.05) is 137 Å². The molecule has 0 spiro atoms. The van der Waals surface area contributed by atoms with E-state index >= 15 is 0 Å². The number of para-hydroxylation sites is 2. The van der Waals surface area contributed by atoms with Gasteiger partial charge >= 0.3 is 0 Å². The molecular formula is C56H53N5. The highest BCUT2D eigenvalue weighted by molar-refractivity contribution is 6.10. The van der Waals surface area contributed by atoms with Crippen LogP contribution in [0.15, 0.2) is 122 Å². The van der Waals surface area contributed by atoms with Gasteiger partial charge in [0.1, 0.15) is 11.5 Å². The van der Waals surface area contributed by atoms with E-state index in [-0.39, 0.29) is 27.1 Å². The van der Waals surface area contributed by atoms with Gasteiger partial charge in [-0.25, -0.2) is 9.97 Å². The van der Waals surface area contributed by atoms with E-state index in [4.69, 9.17) is 9.97 Å². The molecule has 0 aliphatic carbocycles. The van der Waals surface area contributed by atoms with Gasteiger partial charge in [0.05, 0.1) is 34.0 Å². The largest absolute Gasteiger partial charge is 0.310 e. The molecule has 61 heavy (non-hydrogen) atoms. The summed E-state index contributed by atoms with van der Waals surface area (Å²) in [4.78, 5) is 15.3. The van der Waals surface area contributed by atoms with E-state index in [1.165, 1.54) is 94.8 Å². The first-order chi connectivity index (χ1) is 28.9. The maximum Gasteiger partial charge on any atom is 0.145 e. The number of nitrogens with zero attached hydrogens (tertiary/aromatic N) is 5. The molecule has 5 aromatic carbocycles. The summed E-state index contributed by atoms with van der Waals surface area (Å²) in [5, 5.41) is 2.44. The van der Waals surface area contributed by atoms with E-state index in [0.29, 0.717) is 0 Å². The fourth-order valence-corrected chi connectivity index (χ4v) is 11.8. The second-order valence-electron chi connectivity index (χ2n) is 21.2. The topological polar surface area (TPSA) is 37.2 Å². The minimum Gasteiger partial charge on any atom is -0.310 e. The monoisotopic (exact) mass is 795 g/mol. The summed E-state index contributed by atoms with van der Waals surface area (Å²) in [6.45, 7) is 26.3. The normalized spacial score (nSPS) is 17.9. The van der Waals surface area contributed by atoms with Gasteiger partial charge in [-0.15, -0.1) is 0 Å². The fraction of sp³-hybridized carbons (Fsp3) is 0.286. The number of anilines is 6. The van der Waals surface area contributed by atoms with Gasteiger partial charge in [0, 0.05) is 56.1 Å². The first-order valence-corrected chi connectivity index (χ1v) is 22.0. The van der Waals surface area contributed by atoms with Gasteiger partial charge in [-0.3, -0.25) is 9.47 Å². The van der Waals surface area contributed by atoms with Crippen LogP contribution in [0.1, 0.15) is 126 Å². The van der Waals surface area contributed by atoms with Crippen molar-refractivity contribution in [2.24, 2.45) is 0 Å². The number of aromatic nitrogens is 3. The van der Waals surface area contributed by atoms with E-state index < -0.39 is 0 Å².